The molecule has 2 aromatic heterocycles. The summed E-state index contributed by atoms with van der Waals surface area (Å²) in [5, 5.41) is 9.88. The molecule has 0 saturated carbocycles. The van der Waals surface area contributed by atoms with Crippen LogP contribution in [0.15, 0.2) is 48.7 Å². The number of rotatable bonds is 7. The van der Waals surface area contributed by atoms with Crippen molar-refractivity contribution in [2.45, 2.75) is 33.1 Å². The van der Waals surface area contributed by atoms with E-state index in [4.69, 9.17) is 4.74 Å². The minimum Gasteiger partial charge on any atom is -0.466 e. The Kier molecular flexibility index (Phi) is 6.90. The normalized spacial score (nSPS) is 15.1. The van der Waals surface area contributed by atoms with Crippen molar-refractivity contribution >= 4 is 23.5 Å². The van der Waals surface area contributed by atoms with Gasteiger partial charge >= 0.3 is 5.97 Å². The molecule has 0 aliphatic carbocycles. The lowest BCUT2D eigenvalue weighted by molar-refractivity contribution is -0.158. The molecule has 0 radical (unpaired) electrons. The predicted octanol–water partition coefficient (Wildman–Crippen LogP) is 4.02. The zero-order chi connectivity index (χ0) is 24.1. The van der Waals surface area contributed by atoms with E-state index in [1.54, 1.807) is 43.1 Å². The minimum atomic E-state index is -0.808. The molecule has 8 nitrogen and oxygen atoms in total. The summed E-state index contributed by atoms with van der Waals surface area (Å²) in [5.41, 5.74) is 0.417. The third kappa shape index (κ3) is 4.93. The van der Waals surface area contributed by atoms with Crippen molar-refractivity contribution in [1.29, 1.82) is 0 Å². The summed E-state index contributed by atoms with van der Waals surface area (Å²) in [4.78, 5) is 32.3. The fourth-order valence-electron chi connectivity index (χ4n) is 4.32. The van der Waals surface area contributed by atoms with Crippen molar-refractivity contribution in [2.75, 3.05) is 25.0 Å². The number of halogens is 1. The SMILES string of the molecule is CCOC(=O)C1(Cc2cccc(Nc3ccn[nH]3)n2)CCN(C(=O)c2cccc(C)c2F)CC1. The van der Waals surface area contributed by atoms with E-state index < -0.39 is 11.2 Å². The molecule has 0 unspecified atom stereocenters. The molecule has 1 amide bonds. The summed E-state index contributed by atoms with van der Waals surface area (Å²) in [5.74, 6) is 0.184. The first-order chi connectivity index (χ1) is 16.4. The topological polar surface area (TPSA) is 100 Å². The molecule has 178 valence electrons. The number of ether oxygens (including phenoxy) is 1. The highest BCUT2D eigenvalue weighted by Gasteiger charge is 2.44. The highest BCUT2D eigenvalue weighted by atomic mass is 19.1. The number of anilines is 2. The fourth-order valence-corrected chi connectivity index (χ4v) is 4.32. The van der Waals surface area contributed by atoms with Crippen LogP contribution >= 0.6 is 0 Å². The van der Waals surface area contributed by atoms with Crippen LogP contribution in [-0.4, -0.2) is 51.7 Å². The first kappa shape index (κ1) is 23.4. The number of hydrogen-bond donors (Lipinski definition) is 2. The Morgan fingerprint density at radius 2 is 1.94 bits per heavy atom. The number of aryl methyl sites for hydroxylation is 1. The Bertz CT molecular complexity index is 1160. The second kappa shape index (κ2) is 10.0. The largest absolute Gasteiger partial charge is 0.466 e. The fraction of sp³-hybridized carbons (Fsp3) is 0.360. The maximum Gasteiger partial charge on any atom is 0.312 e. The van der Waals surface area contributed by atoms with Gasteiger partial charge in [0.1, 0.15) is 17.5 Å². The van der Waals surface area contributed by atoms with Gasteiger partial charge in [0.15, 0.2) is 0 Å². The van der Waals surface area contributed by atoms with Crippen molar-refractivity contribution in [3.8, 4) is 0 Å². The molecule has 1 aliphatic heterocycles. The van der Waals surface area contributed by atoms with E-state index in [0.29, 0.717) is 49.6 Å². The number of carbonyl (C=O) groups is 2. The Balaban J connectivity index is 1.51. The summed E-state index contributed by atoms with van der Waals surface area (Å²) in [6, 6.07) is 12.2. The third-order valence-electron chi connectivity index (χ3n) is 6.23. The van der Waals surface area contributed by atoms with Gasteiger partial charge in [-0.2, -0.15) is 5.10 Å². The molecule has 1 aromatic carbocycles. The van der Waals surface area contributed by atoms with Crippen LogP contribution in [0.3, 0.4) is 0 Å². The number of nitrogens with one attached hydrogen (secondary N) is 2. The zero-order valence-electron chi connectivity index (χ0n) is 19.3. The van der Waals surface area contributed by atoms with Gasteiger partial charge in [0.2, 0.25) is 0 Å². The van der Waals surface area contributed by atoms with E-state index in [9.17, 15) is 14.0 Å². The van der Waals surface area contributed by atoms with Gasteiger partial charge in [-0.15, -0.1) is 0 Å². The van der Waals surface area contributed by atoms with E-state index in [-0.39, 0.29) is 24.0 Å². The zero-order valence-corrected chi connectivity index (χ0v) is 19.3. The molecule has 0 bridgehead atoms. The van der Waals surface area contributed by atoms with Crippen molar-refractivity contribution < 1.29 is 18.7 Å². The van der Waals surface area contributed by atoms with Crippen LogP contribution in [0.2, 0.25) is 0 Å². The van der Waals surface area contributed by atoms with Crippen LogP contribution < -0.4 is 5.32 Å². The lowest BCUT2D eigenvalue weighted by Gasteiger charge is -2.40. The first-order valence-electron chi connectivity index (χ1n) is 11.4. The molecule has 2 N–H and O–H groups in total. The Hall–Kier alpha value is -3.75. The summed E-state index contributed by atoms with van der Waals surface area (Å²) in [6.45, 7) is 4.34. The second-order valence-electron chi connectivity index (χ2n) is 8.52. The number of nitrogens with zero attached hydrogens (tertiary/aromatic N) is 3. The monoisotopic (exact) mass is 465 g/mol. The summed E-state index contributed by atoms with van der Waals surface area (Å²) in [6.07, 6.45) is 2.83. The Morgan fingerprint density at radius 1 is 1.18 bits per heavy atom. The molecule has 1 fully saturated rings. The highest BCUT2D eigenvalue weighted by Crippen LogP contribution is 2.37. The van der Waals surface area contributed by atoms with Crippen molar-refractivity contribution in [3.05, 3.63) is 71.3 Å². The number of esters is 1. The smallest absolute Gasteiger partial charge is 0.312 e. The average molecular weight is 466 g/mol. The molecule has 9 heteroatoms. The molecule has 0 spiro atoms. The predicted molar refractivity (Wildman–Crippen MR) is 125 cm³/mol. The molecular weight excluding hydrogens is 437 g/mol. The summed E-state index contributed by atoms with van der Waals surface area (Å²) in [7, 11) is 0. The van der Waals surface area contributed by atoms with Gasteiger partial charge in [-0.25, -0.2) is 9.37 Å². The van der Waals surface area contributed by atoms with Gasteiger partial charge in [0.25, 0.3) is 5.91 Å². The van der Waals surface area contributed by atoms with Crippen LogP contribution in [0.1, 0.15) is 41.4 Å². The first-order valence-corrected chi connectivity index (χ1v) is 11.4. The maximum atomic E-state index is 14.5. The van der Waals surface area contributed by atoms with Crippen LogP contribution in [0.4, 0.5) is 16.0 Å². The van der Waals surface area contributed by atoms with Crippen molar-refractivity contribution in [2.24, 2.45) is 5.41 Å². The molecular formula is C25H28FN5O3. The molecule has 4 rings (SSSR count). The molecule has 34 heavy (non-hydrogen) atoms. The molecule has 1 aliphatic rings. The second-order valence-corrected chi connectivity index (χ2v) is 8.52. The standard InChI is InChI=1S/C25H28FN5O3/c1-3-34-24(33)25(16-18-7-5-9-20(28-18)29-21-10-13-27-30-21)11-14-31(15-12-25)23(32)19-8-4-6-17(2)22(19)26/h4-10,13H,3,11-12,14-16H2,1-2H3,(H2,27,28,29,30). The number of benzene rings is 1. The Labute approximate surface area is 197 Å². The van der Waals surface area contributed by atoms with Gasteiger partial charge < -0.3 is 15.0 Å². The van der Waals surface area contributed by atoms with Gasteiger partial charge in [-0.1, -0.05) is 18.2 Å². The molecule has 3 heterocycles. The van der Waals surface area contributed by atoms with Crippen LogP contribution in [-0.2, 0) is 16.0 Å². The Morgan fingerprint density at radius 3 is 2.65 bits per heavy atom. The summed E-state index contributed by atoms with van der Waals surface area (Å²) < 4.78 is 19.9. The van der Waals surface area contributed by atoms with Gasteiger partial charge in [0.05, 0.1) is 23.8 Å². The number of pyridine rings is 1. The molecule has 0 atom stereocenters. The van der Waals surface area contributed by atoms with E-state index >= 15 is 0 Å². The third-order valence-corrected chi connectivity index (χ3v) is 6.23. The van der Waals surface area contributed by atoms with Crippen LogP contribution in [0.25, 0.3) is 0 Å². The minimum absolute atomic E-state index is 0.0582. The number of carbonyl (C=O) groups excluding carboxylic acids is 2. The molecule has 3 aromatic rings. The number of aromatic amines is 1. The van der Waals surface area contributed by atoms with E-state index in [2.05, 4.69) is 20.5 Å². The number of hydrogen-bond acceptors (Lipinski definition) is 6. The lowest BCUT2D eigenvalue weighted by atomic mass is 9.74. The van der Waals surface area contributed by atoms with Gasteiger partial charge in [-0.3, -0.25) is 14.7 Å². The van der Waals surface area contributed by atoms with Crippen molar-refractivity contribution in [1.82, 2.24) is 20.1 Å². The quantitative estimate of drug-likeness (QED) is 0.511. The van der Waals surface area contributed by atoms with E-state index in [0.717, 1.165) is 5.69 Å². The van der Waals surface area contributed by atoms with Gasteiger partial charge in [-0.05, 0) is 50.5 Å². The number of H-pyrrole nitrogens is 1. The van der Waals surface area contributed by atoms with E-state index in [1.807, 2.05) is 18.2 Å². The number of likely N-dealkylation sites (tertiary alicyclic amines) is 1. The van der Waals surface area contributed by atoms with Crippen LogP contribution in [0.5, 0.6) is 0 Å². The number of piperidine rings is 1. The highest BCUT2D eigenvalue weighted by molar-refractivity contribution is 5.95. The van der Waals surface area contributed by atoms with Crippen molar-refractivity contribution in [3.63, 3.8) is 0 Å². The maximum absolute atomic E-state index is 14.5. The van der Waals surface area contributed by atoms with Gasteiger partial charge in [0, 0.05) is 31.3 Å². The van der Waals surface area contributed by atoms with Crippen LogP contribution in [0, 0.1) is 18.2 Å². The lowest BCUT2D eigenvalue weighted by Crippen LogP contribution is -2.48. The summed E-state index contributed by atoms with van der Waals surface area (Å²) >= 11 is 0. The van der Waals surface area contributed by atoms with E-state index in [1.165, 1.54) is 6.07 Å². The number of aromatic nitrogens is 3. The number of amides is 1. The molecule has 1 saturated heterocycles. The average Bonchev–Trinajstić information content (AvgIpc) is 3.34.